The van der Waals surface area contributed by atoms with E-state index in [0.717, 1.165) is 0 Å². The van der Waals surface area contributed by atoms with Gasteiger partial charge in [-0.05, 0) is 5.92 Å². The highest BCUT2D eigenvalue weighted by molar-refractivity contribution is 5.93. The van der Waals surface area contributed by atoms with E-state index < -0.39 is 41.3 Å². The third kappa shape index (κ3) is 3.88. The number of nitrogens with zero attached hydrogens (tertiary/aromatic N) is 3. The van der Waals surface area contributed by atoms with Crippen LogP contribution in [0.25, 0.3) is 0 Å². The lowest BCUT2D eigenvalue weighted by atomic mass is 10.1. The van der Waals surface area contributed by atoms with E-state index in [1.807, 2.05) is 13.8 Å². The summed E-state index contributed by atoms with van der Waals surface area (Å²) in [6, 6.07) is 0.217. The van der Waals surface area contributed by atoms with Gasteiger partial charge in [0.15, 0.2) is 17.5 Å². The zero-order valence-electron chi connectivity index (χ0n) is 12.5. The smallest absolute Gasteiger partial charge is 0.272 e. The summed E-state index contributed by atoms with van der Waals surface area (Å²) >= 11 is 0. The van der Waals surface area contributed by atoms with E-state index in [9.17, 15) is 22.4 Å². The molecule has 0 saturated carbocycles. The summed E-state index contributed by atoms with van der Waals surface area (Å²) in [4.78, 5) is 11.9. The van der Waals surface area contributed by atoms with E-state index in [4.69, 9.17) is 0 Å². The Kier molecular flexibility index (Phi) is 5.02. The lowest BCUT2D eigenvalue weighted by Gasteiger charge is -2.06. The number of hydrogen-bond donors (Lipinski definition) is 0. The molecule has 0 spiro atoms. The van der Waals surface area contributed by atoms with Crippen molar-refractivity contribution >= 4 is 5.91 Å². The third-order valence-corrected chi connectivity index (χ3v) is 3.02. The van der Waals surface area contributed by atoms with Crippen molar-refractivity contribution in [1.29, 1.82) is 0 Å². The summed E-state index contributed by atoms with van der Waals surface area (Å²) in [5.41, 5.74) is -0.652. The van der Waals surface area contributed by atoms with Crippen LogP contribution < -0.4 is 5.32 Å². The first-order valence-corrected chi connectivity index (χ1v) is 6.85. The molecule has 123 valence electrons. The number of halogens is 4. The molecule has 0 unspecified atom stereocenters. The predicted octanol–water partition coefficient (Wildman–Crippen LogP) is 3.04. The number of carbonyl (C=O) groups is 1. The van der Waals surface area contributed by atoms with Crippen molar-refractivity contribution in [2.45, 2.75) is 26.9 Å². The summed E-state index contributed by atoms with van der Waals surface area (Å²) < 4.78 is 54.4. The Morgan fingerprint density at radius 3 is 2.57 bits per heavy atom. The van der Waals surface area contributed by atoms with Gasteiger partial charge in [0.1, 0.15) is 5.82 Å². The minimum Gasteiger partial charge on any atom is -0.272 e. The van der Waals surface area contributed by atoms with Crippen molar-refractivity contribution < 1.29 is 22.4 Å². The van der Waals surface area contributed by atoms with Crippen LogP contribution in [0.1, 0.15) is 29.8 Å². The molecule has 0 aliphatic heterocycles. The minimum absolute atomic E-state index is 0.147. The van der Waals surface area contributed by atoms with Crippen LogP contribution in [-0.2, 0) is 13.1 Å². The SMILES string of the molecule is CC(C)Cn1cc(C(=O)[N]Cc2c(F)cc(F)c(F)c2F)cn1. The largest absolute Gasteiger partial charge is 0.275 e. The lowest BCUT2D eigenvalue weighted by Crippen LogP contribution is -2.17. The summed E-state index contributed by atoms with van der Waals surface area (Å²) in [5.74, 6) is -6.84. The number of rotatable bonds is 5. The molecule has 2 aromatic rings. The topological polar surface area (TPSA) is 49.0 Å². The minimum atomic E-state index is -1.80. The maximum atomic E-state index is 13.5. The van der Waals surface area contributed by atoms with Crippen LogP contribution in [0.2, 0.25) is 0 Å². The quantitative estimate of drug-likeness (QED) is 0.481. The zero-order chi connectivity index (χ0) is 17.1. The van der Waals surface area contributed by atoms with Gasteiger partial charge in [-0.1, -0.05) is 13.8 Å². The molecule has 1 radical (unpaired) electrons. The van der Waals surface area contributed by atoms with Gasteiger partial charge in [0, 0.05) is 24.4 Å². The highest BCUT2D eigenvalue weighted by atomic mass is 19.2. The molecule has 1 aromatic carbocycles. The summed E-state index contributed by atoms with van der Waals surface area (Å²) in [6.07, 6.45) is 2.75. The van der Waals surface area contributed by atoms with Gasteiger partial charge in [0.25, 0.3) is 5.91 Å². The molecule has 0 aliphatic carbocycles. The van der Waals surface area contributed by atoms with Crippen LogP contribution in [0.3, 0.4) is 0 Å². The molecule has 1 heterocycles. The molecular weight excluding hydrogens is 314 g/mol. The van der Waals surface area contributed by atoms with E-state index in [2.05, 4.69) is 10.4 Å². The van der Waals surface area contributed by atoms with E-state index in [0.29, 0.717) is 12.5 Å². The monoisotopic (exact) mass is 328 g/mol. The first-order valence-electron chi connectivity index (χ1n) is 6.85. The number of hydrogen-bond acceptors (Lipinski definition) is 2. The van der Waals surface area contributed by atoms with Gasteiger partial charge in [-0.2, -0.15) is 5.10 Å². The van der Waals surface area contributed by atoms with Crippen molar-refractivity contribution in [2.24, 2.45) is 5.92 Å². The van der Waals surface area contributed by atoms with E-state index >= 15 is 0 Å². The lowest BCUT2D eigenvalue weighted by molar-refractivity contribution is 0.0945. The second-order valence-corrected chi connectivity index (χ2v) is 5.41. The number of aromatic nitrogens is 2. The molecule has 0 bridgehead atoms. The first kappa shape index (κ1) is 17.0. The van der Waals surface area contributed by atoms with Crippen LogP contribution in [-0.4, -0.2) is 15.7 Å². The Morgan fingerprint density at radius 1 is 1.22 bits per heavy atom. The highest BCUT2D eigenvalue weighted by Crippen LogP contribution is 2.19. The second-order valence-electron chi connectivity index (χ2n) is 5.41. The maximum Gasteiger partial charge on any atom is 0.275 e. The van der Waals surface area contributed by atoms with Gasteiger partial charge in [-0.3, -0.25) is 9.48 Å². The fraction of sp³-hybridized carbons (Fsp3) is 0.333. The van der Waals surface area contributed by atoms with Crippen LogP contribution in [0.4, 0.5) is 17.6 Å². The van der Waals surface area contributed by atoms with Crippen molar-refractivity contribution in [3.63, 3.8) is 0 Å². The highest BCUT2D eigenvalue weighted by Gasteiger charge is 2.20. The van der Waals surface area contributed by atoms with Gasteiger partial charge in [-0.15, -0.1) is 0 Å². The molecule has 1 amide bonds. The molecule has 4 nitrogen and oxygen atoms in total. The van der Waals surface area contributed by atoms with Gasteiger partial charge in [-0.25, -0.2) is 22.9 Å². The van der Waals surface area contributed by atoms with Gasteiger partial charge >= 0.3 is 0 Å². The molecule has 0 atom stereocenters. The van der Waals surface area contributed by atoms with Crippen molar-refractivity contribution in [1.82, 2.24) is 15.1 Å². The van der Waals surface area contributed by atoms with Crippen molar-refractivity contribution in [3.05, 3.63) is 52.9 Å². The molecule has 0 N–H and O–H groups in total. The van der Waals surface area contributed by atoms with Gasteiger partial charge in [0.05, 0.1) is 18.3 Å². The Bertz CT molecular complexity index is 728. The number of amides is 1. The number of benzene rings is 1. The fourth-order valence-electron chi connectivity index (χ4n) is 1.94. The molecule has 0 fully saturated rings. The second kappa shape index (κ2) is 6.80. The average Bonchev–Trinajstić information content (AvgIpc) is 2.92. The summed E-state index contributed by atoms with van der Waals surface area (Å²) in [7, 11) is 0. The van der Waals surface area contributed by atoms with E-state index in [1.54, 1.807) is 4.68 Å². The molecule has 8 heteroatoms. The zero-order valence-corrected chi connectivity index (χ0v) is 12.5. The van der Waals surface area contributed by atoms with Crippen LogP contribution >= 0.6 is 0 Å². The molecule has 1 aromatic heterocycles. The van der Waals surface area contributed by atoms with E-state index in [1.165, 1.54) is 12.4 Å². The normalized spacial score (nSPS) is 11.1. The summed E-state index contributed by atoms with van der Waals surface area (Å²) in [6.45, 7) is 3.81. The predicted molar refractivity (Wildman–Crippen MR) is 73.5 cm³/mol. The molecule has 2 rings (SSSR count). The molecule has 0 aliphatic rings. The van der Waals surface area contributed by atoms with Crippen LogP contribution in [0.15, 0.2) is 18.5 Å². The van der Waals surface area contributed by atoms with Crippen LogP contribution in [0.5, 0.6) is 0 Å². The first-order chi connectivity index (χ1) is 10.8. The standard InChI is InChI=1S/C15H14F4N3O/c1-8(2)6-22-7-9(4-21-22)15(23)20-5-10-11(16)3-12(17)14(19)13(10)18/h3-4,7-8H,5-6H2,1-2H3. The molecule has 0 saturated heterocycles. The Balaban J connectivity index is 2.08. The maximum absolute atomic E-state index is 13.5. The van der Waals surface area contributed by atoms with Crippen molar-refractivity contribution in [2.75, 3.05) is 0 Å². The fourth-order valence-corrected chi connectivity index (χ4v) is 1.94. The molecular formula is C15H14F4N3O. The third-order valence-electron chi connectivity index (χ3n) is 3.02. The average molecular weight is 328 g/mol. The van der Waals surface area contributed by atoms with Crippen molar-refractivity contribution in [3.8, 4) is 0 Å². The van der Waals surface area contributed by atoms with Crippen LogP contribution in [0, 0.1) is 29.2 Å². The van der Waals surface area contributed by atoms with Gasteiger partial charge < -0.3 is 0 Å². The Labute approximate surface area is 130 Å². The number of carbonyl (C=O) groups excluding carboxylic acids is 1. The van der Waals surface area contributed by atoms with Gasteiger partial charge in [0.2, 0.25) is 0 Å². The Morgan fingerprint density at radius 2 is 1.91 bits per heavy atom. The van der Waals surface area contributed by atoms with E-state index in [-0.39, 0.29) is 11.6 Å². The molecule has 23 heavy (non-hydrogen) atoms. The Hall–Kier alpha value is -2.38. The summed E-state index contributed by atoms with van der Waals surface area (Å²) in [5, 5.41) is 7.46.